The molecule has 0 radical (unpaired) electrons. The van der Waals surface area contributed by atoms with E-state index in [0.29, 0.717) is 55.7 Å². The van der Waals surface area contributed by atoms with Gasteiger partial charge in [-0.15, -0.1) is 11.5 Å². The number of terminal acetylenes is 1. The number of hydrogen-bond acceptors (Lipinski definition) is 6. The molecule has 3 aromatic heterocycles. The van der Waals surface area contributed by atoms with E-state index < -0.39 is 12.2 Å². The van der Waals surface area contributed by atoms with E-state index in [9.17, 15) is 14.6 Å². The normalized spacial score (nSPS) is 12.3. The van der Waals surface area contributed by atoms with Crippen molar-refractivity contribution in [2.75, 3.05) is 0 Å². The second-order valence-electron chi connectivity index (χ2n) is 13.2. The second kappa shape index (κ2) is 17.5. The first-order valence-electron chi connectivity index (χ1n) is 17.8. The molecule has 0 spiro atoms. The van der Waals surface area contributed by atoms with Gasteiger partial charge in [-0.3, -0.25) is 15.4 Å². The Labute approximate surface area is 351 Å². The molecule has 11 nitrogen and oxygen atoms in total. The monoisotopic (exact) mass is 855 g/mol. The lowest BCUT2D eigenvalue weighted by Gasteiger charge is -2.13. The minimum Gasteiger partial charge on any atom is -0.387 e. The number of aliphatic hydroxyl groups is 2. The first-order chi connectivity index (χ1) is 27.9. The number of imidazole rings is 2. The number of nitrogens with zero attached hydrogens (tertiary/aromatic N) is 7. The molecule has 8 rings (SSSR count). The summed E-state index contributed by atoms with van der Waals surface area (Å²) in [7, 11) is 0. The van der Waals surface area contributed by atoms with E-state index >= 15 is 0 Å². The van der Waals surface area contributed by atoms with Crippen LogP contribution < -0.4 is 11.2 Å². The third kappa shape index (κ3) is 8.47. The third-order valence-corrected chi connectivity index (χ3v) is 11.0. The average molecular weight is 858 g/mol. The molecule has 2 unspecified atom stereocenters. The van der Waals surface area contributed by atoms with E-state index in [-0.39, 0.29) is 30.1 Å². The smallest absolute Gasteiger partial charge is 0.203 e. The molecule has 58 heavy (non-hydrogen) atoms. The highest BCUT2D eigenvalue weighted by Gasteiger charge is 2.18. The van der Waals surface area contributed by atoms with Gasteiger partial charge in [0.1, 0.15) is 11.5 Å². The van der Waals surface area contributed by atoms with Crippen molar-refractivity contribution in [1.82, 2.24) is 33.3 Å². The molecule has 5 aromatic carbocycles. The molecule has 0 fully saturated rings. The molecular weight excluding hydrogens is 823 g/mol. The van der Waals surface area contributed by atoms with E-state index in [0.717, 1.165) is 22.1 Å². The van der Waals surface area contributed by atoms with Gasteiger partial charge in [0, 0.05) is 0 Å². The summed E-state index contributed by atoms with van der Waals surface area (Å²) in [5.74, 6) is 2.24. The van der Waals surface area contributed by atoms with Gasteiger partial charge in [0.15, 0.2) is 0 Å². The molecule has 0 amide bonds. The lowest BCUT2D eigenvalue weighted by Crippen LogP contribution is -2.27. The van der Waals surface area contributed by atoms with Crippen LogP contribution in [0.2, 0.25) is 20.1 Å². The zero-order valence-electron chi connectivity index (χ0n) is 30.4. The van der Waals surface area contributed by atoms with E-state index in [1.54, 1.807) is 77.7 Å². The number of para-hydroxylation sites is 4. The Morgan fingerprint density at radius 1 is 0.638 bits per heavy atom. The number of fused-ring (bicyclic) bond motifs is 2. The number of hydrogen-bond donors (Lipinski definition) is 4. The Hall–Kier alpha value is -5.65. The molecule has 0 saturated carbocycles. The number of rotatable bonds is 10. The summed E-state index contributed by atoms with van der Waals surface area (Å²) < 4.78 is 21.8. The van der Waals surface area contributed by atoms with Gasteiger partial charge in [-0.25, -0.2) is 9.07 Å². The van der Waals surface area contributed by atoms with Crippen molar-refractivity contribution in [3.63, 3.8) is 0 Å². The average Bonchev–Trinajstić information content (AvgIpc) is 3.88. The minimum absolute atomic E-state index is 0.159. The molecule has 2 atom stereocenters. The molecule has 0 bridgehead atoms. The van der Waals surface area contributed by atoms with E-state index in [1.165, 1.54) is 12.1 Å². The molecule has 0 aliphatic heterocycles. The predicted octanol–water partition coefficient (Wildman–Crippen LogP) is 8.33. The van der Waals surface area contributed by atoms with Gasteiger partial charge in [0.2, 0.25) is 11.2 Å². The molecule has 8 aromatic rings. The fraction of sp³-hybridized carbons (Fsp3) is 0.143. The maximum atomic E-state index is 13.2. The Morgan fingerprint density at radius 2 is 1.10 bits per heavy atom. The minimum atomic E-state index is -0.887. The molecule has 16 heteroatoms. The summed E-state index contributed by atoms with van der Waals surface area (Å²) in [6.45, 7) is 0.979. The number of aliphatic hydroxyl groups excluding tert-OH is 2. The Balaban J connectivity index is 0.000000188. The van der Waals surface area contributed by atoms with Gasteiger partial charge in [-0.2, -0.15) is 0 Å². The summed E-state index contributed by atoms with van der Waals surface area (Å²) in [5.41, 5.74) is 6.36. The number of halogens is 5. The first-order valence-corrected chi connectivity index (χ1v) is 19.3. The zero-order chi connectivity index (χ0) is 41.1. The molecule has 294 valence electrons. The maximum Gasteiger partial charge on any atom is 0.203 e. The third-order valence-electron chi connectivity index (χ3n) is 9.52. The topological polar surface area (TPSA) is 139 Å². The van der Waals surface area contributed by atoms with Crippen molar-refractivity contribution in [3.05, 3.63) is 169 Å². The van der Waals surface area contributed by atoms with Crippen LogP contribution in [0.1, 0.15) is 29.0 Å². The van der Waals surface area contributed by atoms with Crippen LogP contribution in [0.4, 0.5) is 4.39 Å². The fourth-order valence-electron chi connectivity index (χ4n) is 6.62. The van der Waals surface area contributed by atoms with Gasteiger partial charge in [-0.05, 0) is 83.9 Å². The van der Waals surface area contributed by atoms with Gasteiger partial charge < -0.3 is 23.9 Å². The molecule has 0 aliphatic rings. The molecular formula is C42H34Cl4FN9O2. The van der Waals surface area contributed by atoms with E-state index in [2.05, 4.69) is 16.2 Å². The van der Waals surface area contributed by atoms with Crippen LogP contribution in [-0.2, 0) is 26.2 Å². The van der Waals surface area contributed by atoms with Crippen LogP contribution in [0, 0.1) is 29.0 Å². The Bertz CT molecular complexity index is 2930. The molecule has 0 saturated heterocycles. The number of aromatic nitrogens is 7. The molecule has 3 heterocycles. The Morgan fingerprint density at radius 3 is 1.59 bits per heavy atom. The van der Waals surface area contributed by atoms with Crippen molar-refractivity contribution in [3.8, 4) is 18.0 Å². The molecule has 0 aliphatic carbocycles. The largest absolute Gasteiger partial charge is 0.387 e. The summed E-state index contributed by atoms with van der Waals surface area (Å²) in [6.07, 6.45) is 5.45. The highest BCUT2D eigenvalue weighted by atomic mass is 35.5. The van der Waals surface area contributed by atoms with Crippen molar-refractivity contribution >= 4 is 68.5 Å². The molecule has 4 N–H and O–H groups in total. The van der Waals surface area contributed by atoms with Crippen LogP contribution in [0.5, 0.6) is 0 Å². The lowest BCUT2D eigenvalue weighted by atomic mass is 10.1. The predicted molar refractivity (Wildman–Crippen MR) is 224 cm³/mol. The fourth-order valence-corrected chi connectivity index (χ4v) is 7.23. The summed E-state index contributed by atoms with van der Waals surface area (Å²) in [4.78, 5) is 0. The maximum absolute atomic E-state index is 13.2. The first kappa shape index (κ1) is 40.5. The van der Waals surface area contributed by atoms with Crippen LogP contribution >= 0.6 is 46.4 Å². The zero-order valence-corrected chi connectivity index (χ0v) is 33.5. The van der Waals surface area contributed by atoms with Crippen molar-refractivity contribution < 1.29 is 14.6 Å². The van der Waals surface area contributed by atoms with Gasteiger partial charge in [-0.1, -0.05) is 93.9 Å². The van der Waals surface area contributed by atoms with Crippen molar-refractivity contribution in [1.29, 1.82) is 10.8 Å². The van der Waals surface area contributed by atoms with Gasteiger partial charge in [0.25, 0.3) is 0 Å². The summed E-state index contributed by atoms with van der Waals surface area (Å²) in [6, 6.07) is 31.2. The summed E-state index contributed by atoms with van der Waals surface area (Å²) >= 11 is 24.0. The second-order valence-corrected chi connectivity index (χ2v) is 14.9. The van der Waals surface area contributed by atoms with Crippen molar-refractivity contribution in [2.45, 2.75) is 38.4 Å². The van der Waals surface area contributed by atoms with Crippen LogP contribution in [-0.4, -0.2) is 43.5 Å². The lowest BCUT2D eigenvalue weighted by molar-refractivity contribution is 0.155. The quantitative estimate of drug-likeness (QED) is 0.103. The van der Waals surface area contributed by atoms with Gasteiger partial charge >= 0.3 is 0 Å². The van der Waals surface area contributed by atoms with Crippen molar-refractivity contribution in [2.24, 2.45) is 0 Å². The Kier molecular flexibility index (Phi) is 12.2. The SMILES string of the molecule is C#CCn1c(=N)n(CC(O)c2ccc(Cl)c(Cl)c2)c2ccccc21.N=c1n(Cc2cn(-c3ccc(F)cc3)nn2)c2ccccc2n1CC(O)c1ccc(Cl)c(Cl)c1. The van der Waals surface area contributed by atoms with E-state index in [4.69, 9.17) is 63.6 Å². The number of benzene rings is 5. The van der Waals surface area contributed by atoms with Crippen LogP contribution in [0.25, 0.3) is 27.8 Å². The van der Waals surface area contributed by atoms with Crippen LogP contribution in [0.15, 0.2) is 115 Å². The van der Waals surface area contributed by atoms with E-state index in [1.807, 2.05) is 48.5 Å². The van der Waals surface area contributed by atoms with Gasteiger partial charge in [0.05, 0.1) is 92.4 Å². The standard InChI is InChI=1S/C24H19Cl2FN6O.C18H15Cl2N3O/c25-19-10-5-15(11-20(19)26)23(34)14-32-22-4-2-1-3-21(22)31(24(32)28)12-17-13-33(30-29-17)18-8-6-16(27)7-9-18;1-2-9-22-15-5-3-4-6-16(15)23(18(22)21)11-17(24)12-7-8-13(19)14(20)10-12/h1-11,13,23,28,34H,12,14H2;1,3-8,10,17,21,24H,9,11H2. The van der Waals surface area contributed by atoms with Crippen LogP contribution in [0.3, 0.4) is 0 Å². The number of nitrogens with one attached hydrogen (secondary N) is 2. The summed E-state index contributed by atoms with van der Waals surface area (Å²) in [5, 5.41) is 48.6. The highest BCUT2D eigenvalue weighted by Crippen LogP contribution is 2.28. The highest BCUT2D eigenvalue weighted by molar-refractivity contribution is 6.42.